The predicted octanol–water partition coefficient (Wildman–Crippen LogP) is 3.08. The molecule has 90 valence electrons. The molecule has 2 rings (SSSR count). The summed E-state index contributed by atoms with van der Waals surface area (Å²) in [7, 11) is 0. The Bertz CT molecular complexity index is 322. The first-order valence-corrected chi connectivity index (χ1v) is 7.13. The van der Waals surface area contributed by atoms with Gasteiger partial charge in [0.1, 0.15) is 0 Å². The third-order valence-electron chi connectivity index (χ3n) is 3.29. The number of nitrogens with zero attached hydrogens (tertiary/aromatic N) is 1. The van der Waals surface area contributed by atoms with Crippen LogP contribution in [-0.2, 0) is 6.42 Å². The Morgan fingerprint density at radius 3 is 2.75 bits per heavy atom. The second-order valence-electron chi connectivity index (χ2n) is 5.03. The van der Waals surface area contributed by atoms with Gasteiger partial charge in [-0.15, -0.1) is 11.3 Å². The lowest BCUT2D eigenvalue weighted by atomic mass is 10.1. The molecule has 0 radical (unpaired) electrons. The van der Waals surface area contributed by atoms with E-state index in [-0.39, 0.29) is 0 Å². The van der Waals surface area contributed by atoms with E-state index in [1.54, 1.807) is 0 Å². The van der Waals surface area contributed by atoms with Crippen LogP contribution in [0.1, 0.15) is 41.8 Å². The van der Waals surface area contributed by atoms with Crippen molar-refractivity contribution >= 4 is 11.3 Å². The monoisotopic (exact) mass is 238 g/mol. The lowest BCUT2D eigenvalue weighted by Gasteiger charge is -2.12. The van der Waals surface area contributed by atoms with Crippen molar-refractivity contribution < 1.29 is 0 Å². The average molecular weight is 238 g/mol. The third-order valence-corrected chi connectivity index (χ3v) is 4.42. The van der Waals surface area contributed by atoms with E-state index in [9.17, 15) is 0 Å². The van der Waals surface area contributed by atoms with E-state index in [1.165, 1.54) is 34.8 Å². The summed E-state index contributed by atoms with van der Waals surface area (Å²) in [6, 6.07) is 0.676. The number of nitrogens with one attached hydrogen (secondary N) is 1. The number of rotatable bonds is 6. The maximum Gasteiger partial charge on any atom is 0.0943 e. The maximum atomic E-state index is 4.56. The molecular weight excluding hydrogens is 216 g/mol. The lowest BCUT2D eigenvalue weighted by Crippen LogP contribution is -2.28. The van der Waals surface area contributed by atoms with Gasteiger partial charge < -0.3 is 5.32 Å². The van der Waals surface area contributed by atoms with Crippen LogP contribution in [0.2, 0.25) is 0 Å². The molecule has 16 heavy (non-hydrogen) atoms. The molecule has 1 saturated carbocycles. The summed E-state index contributed by atoms with van der Waals surface area (Å²) in [5.41, 5.74) is 1.20. The minimum Gasteiger partial charge on any atom is -0.314 e. The Morgan fingerprint density at radius 1 is 1.44 bits per heavy atom. The summed E-state index contributed by atoms with van der Waals surface area (Å²) in [5.74, 6) is 1.02. The summed E-state index contributed by atoms with van der Waals surface area (Å²) < 4.78 is 0. The molecule has 3 heteroatoms. The molecule has 1 aliphatic carbocycles. The zero-order valence-corrected chi connectivity index (χ0v) is 11.4. The summed E-state index contributed by atoms with van der Waals surface area (Å²) in [4.78, 5) is 5.92. The van der Waals surface area contributed by atoms with Crippen molar-refractivity contribution in [3.63, 3.8) is 0 Å². The molecular formula is C13H22N2S. The third kappa shape index (κ3) is 3.56. The average Bonchev–Trinajstić information content (AvgIpc) is 2.95. The van der Waals surface area contributed by atoms with Gasteiger partial charge in [0, 0.05) is 23.9 Å². The highest BCUT2D eigenvalue weighted by molar-refractivity contribution is 7.11. The summed E-state index contributed by atoms with van der Waals surface area (Å²) in [6.45, 7) is 7.62. The van der Waals surface area contributed by atoms with E-state index in [0.29, 0.717) is 6.04 Å². The van der Waals surface area contributed by atoms with Gasteiger partial charge in [0.2, 0.25) is 0 Å². The molecule has 0 aliphatic heterocycles. The molecule has 1 aliphatic rings. The number of hydrogen-bond acceptors (Lipinski definition) is 3. The van der Waals surface area contributed by atoms with Crippen molar-refractivity contribution in [1.82, 2.24) is 10.3 Å². The smallest absolute Gasteiger partial charge is 0.0943 e. The molecule has 1 N–H and O–H groups in total. The quantitative estimate of drug-likeness (QED) is 0.824. The summed E-state index contributed by atoms with van der Waals surface area (Å²) in [6.07, 6.45) is 5.35. The minimum atomic E-state index is 0.676. The van der Waals surface area contributed by atoms with Crippen LogP contribution in [0, 0.1) is 19.8 Å². The Kier molecular flexibility index (Phi) is 3.98. The highest BCUT2D eigenvalue weighted by atomic mass is 32.1. The highest BCUT2D eigenvalue weighted by Crippen LogP contribution is 2.33. The number of hydrogen-bond donors (Lipinski definition) is 1. The fraction of sp³-hybridized carbons (Fsp3) is 0.769. The van der Waals surface area contributed by atoms with Gasteiger partial charge in [-0.1, -0.05) is 12.8 Å². The van der Waals surface area contributed by atoms with Gasteiger partial charge >= 0.3 is 0 Å². The summed E-state index contributed by atoms with van der Waals surface area (Å²) >= 11 is 1.84. The van der Waals surface area contributed by atoms with Crippen LogP contribution in [0.15, 0.2) is 0 Å². The lowest BCUT2D eigenvalue weighted by molar-refractivity contribution is 0.491. The van der Waals surface area contributed by atoms with E-state index in [1.807, 2.05) is 11.3 Å². The molecule has 1 aromatic rings. The van der Waals surface area contributed by atoms with Crippen molar-refractivity contribution in [2.75, 3.05) is 6.54 Å². The Hall–Kier alpha value is -0.410. The Morgan fingerprint density at radius 2 is 2.19 bits per heavy atom. The van der Waals surface area contributed by atoms with Gasteiger partial charge in [-0.2, -0.15) is 0 Å². The Labute approximate surface area is 102 Å². The topological polar surface area (TPSA) is 24.9 Å². The van der Waals surface area contributed by atoms with Crippen LogP contribution < -0.4 is 5.32 Å². The van der Waals surface area contributed by atoms with E-state index in [2.05, 4.69) is 31.1 Å². The number of aromatic nitrogens is 1. The standard InChI is InChI=1S/C13H22N2S/c1-9(8-12-4-5-12)14-7-6-13-15-10(2)11(3)16-13/h9,12,14H,4-8H2,1-3H3. The van der Waals surface area contributed by atoms with E-state index in [4.69, 9.17) is 0 Å². The fourth-order valence-corrected chi connectivity index (χ4v) is 2.94. The Balaban J connectivity index is 1.66. The molecule has 1 unspecified atom stereocenters. The number of thiazole rings is 1. The molecule has 2 nitrogen and oxygen atoms in total. The highest BCUT2D eigenvalue weighted by Gasteiger charge is 2.23. The first-order valence-electron chi connectivity index (χ1n) is 6.31. The van der Waals surface area contributed by atoms with Crippen LogP contribution >= 0.6 is 11.3 Å². The molecule has 1 atom stereocenters. The van der Waals surface area contributed by atoms with Gasteiger partial charge in [0.25, 0.3) is 0 Å². The predicted molar refractivity (Wildman–Crippen MR) is 70.1 cm³/mol. The van der Waals surface area contributed by atoms with Crippen molar-refractivity contribution in [3.05, 3.63) is 15.6 Å². The zero-order valence-electron chi connectivity index (χ0n) is 10.5. The van der Waals surface area contributed by atoms with Crippen LogP contribution in [0.5, 0.6) is 0 Å². The van der Waals surface area contributed by atoms with Crippen molar-refractivity contribution in [1.29, 1.82) is 0 Å². The molecule has 1 heterocycles. The minimum absolute atomic E-state index is 0.676. The van der Waals surface area contributed by atoms with Gasteiger partial charge in [-0.25, -0.2) is 4.98 Å². The molecule has 0 saturated heterocycles. The molecule has 1 fully saturated rings. The second kappa shape index (κ2) is 5.28. The van der Waals surface area contributed by atoms with Gasteiger partial charge in [0.05, 0.1) is 10.7 Å². The van der Waals surface area contributed by atoms with E-state index in [0.717, 1.165) is 18.9 Å². The number of aryl methyl sites for hydroxylation is 2. The fourth-order valence-electron chi connectivity index (χ4n) is 2.01. The van der Waals surface area contributed by atoms with Crippen LogP contribution in [0.25, 0.3) is 0 Å². The van der Waals surface area contributed by atoms with Gasteiger partial charge in [0.15, 0.2) is 0 Å². The SMILES string of the molecule is Cc1nc(CCNC(C)CC2CC2)sc1C. The molecule has 0 amide bonds. The van der Waals surface area contributed by atoms with Gasteiger partial charge in [-0.05, 0) is 33.1 Å². The van der Waals surface area contributed by atoms with Gasteiger partial charge in [-0.3, -0.25) is 0 Å². The normalized spacial score (nSPS) is 17.7. The van der Waals surface area contributed by atoms with E-state index >= 15 is 0 Å². The zero-order chi connectivity index (χ0) is 11.5. The maximum absolute atomic E-state index is 4.56. The molecule has 1 aromatic heterocycles. The second-order valence-corrected chi connectivity index (χ2v) is 6.32. The van der Waals surface area contributed by atoms with Crippen molar-refractivity contribution in [2.45, 2.75) is 52.5 Å². The van der Waals surface area contributed by atoms with Crippen LogP contribution in [0.3, 0.4) is 0 Å². The molecule has 0 aromatic carbocycles. The van der Waals surface area contributed by atoms with Crippen molar-refractivity contribution in [2.24, 2.45) is 5.92 Å². The van der Waals surface area contributed by atoms with Crippen molar-refractivity contribution in [3.8, 4) is 0 Å². The largest absolute Gasteiger partial charge is 0.314 e. The van der Waals surface area contributed by atoms with Crippen LogP contribution in [-0.4, -0.2) is 17.6 Å². The molecule has 0 bridgehead atoms. The first kappa shape index (κ1) is 12.1. The first-order chi connectivity index (χ1) is 7.65. The van der Waals surface area contributed by atoms with Crippen LogP contribution in [0.4, 0.5) is 0 Å². The molecule has 0 spiro atoms. The van der Waals surface area contributed by atoms with E-state index < -0.39 is 0 Å². The summed E-state index contributed by atoms with van der Waals surface area (Å²) in [5, 5.41) is 4.88.